The lowest BCUT2D eigenvalue weighted by Gasteiger charge is -2.33. The molecule has 3 heterocycles. The van der Waals surface area contributed by atoms with Gasteiger partial charge in [0.1, 0.15) is 11.5 Å². The van der Waals surface area contributed by atoms with Crippen molar-refractivity contribution in [2.24, 2.45) is 7.05 Å². The van der Waals surface area contributed by atoms with Crippen LogP contribution in [0.3, 0.4) is 0 Å². The van der Waals surface area contributed by atoms with Crippen LogP contribution in [0.2, 0.25) is 0 Å². The lowest BCUT2D eigenvalue weighted by Crippen LogP contribution is -2.49. The Morgan fingerprint density at radius 2 is 1.95 bits per heavy atom. The van der Waals surface area contributed by atoms with E-state index >= 15 is 4.39 Å². The number of aryl methyl sites for hydroxylation is 1. The molecular weight excluding hydrogens is 555 g/mol. The number of methoxy groups -OCH3 is 2. The van der Waals surface area contributed by atoms with Gasteiger partial charge in [0.15, 0.2) is 11.6 Å². The van der Waals surface area contributed by atoms with Gasteiger partial charge in [0.2, 0.25) is 0 Å². The molecule has 0 unspecified atom stereocenters. The minimum atomic E-state index is -0.574. The summed E-state index contributed by atoms with van der Waals surface area (Å²) in [4.78, 5) is 32.5. The highest BCUT2D eigenvalue weighted by Crippen LogP contribution is 2.38. The van der Waals surface area contributed by atoms with Gasteiger partial charge in [-0.3, -0.25) is 9.48 Å². The van der Waals surface area contributed by atoms with Crippen LogP contribution < -0.4 is 20.1 Å². The minimum absolute atomic E-state index is 0.0485. The van der Waals surface area contributed by atoms with E-state index in [1.165, 1.54) is 0 Å². The number of hydrogen-bond donors (Lipinski definition) is 2. The van der Waals surface area contributed by atoms with Gasteiger partial charge in [-0.05, 0) is 31.4 Å². The normalized spacial score (nSPS) is 17.9. The van der Waals surface area contributed by atoms with E-state index in [0.29, 0.717) is 29.4 Å². The molecule has 1 aliphatic carbocycles. The molecule has 2 atom stereocenters. The number of carbonyl (C=O) groups is 2. The SMILES string of the molecule is CCCCOC(=O)N[C@H]1CCCC[C@H]1Nc1nc(-c2cnn(C)c2)c2c(c1F)CN(Cc1ccc(OC)cc1OC)C2=O. The van der Waals surface area contributed by atoms with Crippen LogP contribution in [-0.2, 0) is 24.9 Å². The Hall–Kier alpha value is -4.35. The highest BCUT2D eigenvalue weighted by Gasteiger charge is 2.37. The minimum Gasteiger partial charge on any atom is -0.497 e. The van der Waals surface area contributed by atoms with Gasteiger partial charge in [-0.1, -0.05) is 26.2 Å². The van der Waals surface area contributed by atoms with Crippen LogP contribution in [0.1, 0.15) is 66.9 Å². The Bertz CT molecular complexity index is 1480. The molecule has 12 heteroatoms. The summed E-state index contributed by atoms with van der Waals surface area (Å²) < 4.78 is 34.0. The second kappa shape index (κ2) is 13.3. The molecule has 3 aromatic rings. The summed E-state index contributed by atoms with van der Waals surface area (Å²) in [7, 11) is 4.90. The van der Waals surface area contributed by atoms with Gasteiger partial charge in [0, 0.05) is 48.6 Å². The third-order valence-electron chi connectivity index (χ3n) is 8.04. The molecule has 0 radical (unpaired) electrons. The van der Waals surface area contributed by atoms with Crippen LogP contribution in [0.5, 0.6) is 11.5 Å². The molecule has 43 heavy (non-hydrogen) atoms. The van der Waals surface area contributed by atoms with Gasteiger partial charge in [-0.2, -0.15) is 5.10 Å². The van der Waals surface area contributed by atoms with E-state index in [-0.39, 0.29) is 48.0 Å². The average molecular weight is 595 g/mol. The van der Waals surface area contributed by atoms with Crippen LogP contribution in [0.4, 0.5) is 15.0 Å². The maximum atomic E-state index is 16.3. The fourth-order valence-corrected chi connectivity index (χ4v) is 5.73. The van der Waals surface area contributed by atoms with Crippen molar-refractivity contribution < 1.29 is 28.2 Å². The summed E-state index contributed by atoms with van der Waals surface area (Å²) in [5.74, 6) is 0.353. The lowest BCUT2D eigenvalue weighted by molar-refractivity contribution is 0.0765. The monoisotopic (exact) mass is 594 g/mol. The first-order valence-corrected chi connectivity index (χ1v) is 14.7. The molecule has 0 bridgehead atoms. The molecule has 2 aliphatic rings. The summed E-state index contributed by atoms with van der Waals surface area (Å²) in [5, 5.41) is 10.5. The van der Waals surface area contributed by atoms with E-state index in [1.54, 1.807) is 55.4 Å². The summed E-state index contributed by atoms with van der Waals surface area (Å²) in [6.07, 6.45) is 7.95. The van der Waals surface area contributed by atoms with Crippen molar-refractivity contribution in [1.82, 2.24) is 25.0 Å². The number of nitrogens with zero attached hydrogens (tertiary/aromatic N) is 4. The van der Waals surface area contributed by atoms with Gasteiger partial charge in [-0.15, -0.1) is 0 Å². The molecular formula is C31H39FN6O5. The van der Waals surface area contributed by atoms with Gasteiger partial charge in [-0.25, -0.2) is 14.2 Å². The highest BCUT2D eigenvalue weighted by molar-refractivity contribution is 6.04. The van der Waals surface area contributed by atoms with Crippen molar-refractivity contribution in [2.45, 2.75) is 70.6 Å². The molecule has 1 fully saturated rings. The topological polar surface area (TPSA) is 120 Å². The summed E-state index contributed by atoms with van der Waals surface area (Å²) in [5.41, 5.74) is 2.23. The molecule has 1 aliphatic heterocycles. The largest absolute Gasteiger partial charge is 0.497 e. The molecule has 230 valence electrons. The number of fused-ring (bicyclic) bond motifs is 1. The van der Waals surface area contributed by atoms with Crippen molar-refractivity contribution >= 4 is 17.8 Å². The smallest absolute Gasteiger partial charge is 0.407 e. The Balaban J connectivity index is 1.45. The first-order valence-electron chi connectivity index (χ1n) is 14.7. The number of unbranched alkanes of at least 4 members (excludes halogenated alkanes) is 1. The molecule has 1 aromatic carbocycles. The second-order valence-corrected chi connectivity index (χ2v) is 11.0. The summed E-state index contributed by atoms with van der Waals surface area (Å²) in [6.45, 7) is 2.67. The number of nitrogens with one attached hydrogen (secondary N) is 2. The zero-order chi connectivity index (χ0) is 30.5. The third kappa shape index (κ3) is 6.52. The maximum absolute atomic E-state index is 16.3. The fraction of sp³-hybridized carbons (Fsp3) is 0.484. The van der Waals surface area contributed by atoms with Crippen molar-refractivity contribution in [2.75, 3.05) is 26.1 Å². The molecule has 5 rings (SSSR count). The quantitative estimate of drug-likeness (QED) is 0.296. The van der Waals surface area contributed by atoms with Crippen LogP contribution in [-0.4, -0.2) is 64.6 Å². The van der Waals surface area contributed by atoms with Crippen molar-refractivity contribution in [3.8, 4) is 22.8 Å². The molecule has 0 saturated heterocycles. The summed E-state index contributed by atoms with van der Waals surface area (Å²) in [6, 6.07) is 4.87. The Kier molecular flexibility index (Phi) is 9.32. The zero-order valence-corrected chi connectivity index (χ0v) is 25.1. The highest BCUT2D eigenvalue weighted by atomic mass is 19.1. The number of anilines is 1. The van der Waals surface area contributed by atoms with Gasteiger partial charge >= 0.3 is 6.09 Å². The first-order chi connectivity index (χ1) is 20.8. The molecule has 1 saturated carbocycles. The lowest BCUT2D eigenvalue weighted by atomic mass is 9.90. The van der Waals surface area contributed by atoms with Crippen LogP contribution >= 0.6 is 0 Å². The van der Waals surface area contributed by atoms with Crippen molar-refractivity contribution in [3.63, 3.8) is 0 Å². The number of aromatic nitrogens is 3. The number of benzene rings is 1. The van der Waals surface area contributed by atoms with Crippen LogP contribution in [0, 0.1) is 5.82 Å². The number of amides is 2. The molecule has 11 nitrogen and oxygen atoms in total. The number of rotatable bonds is 11. The van der Waals surface area contributed by atoms with E-state index in [0.717, 1.165) is 44.1 Å². The van der Waals surface area contributed by atoms with E-state index in [4.69, 9.17) is 14.2 Å². The van der Waals surface area contributed by atoms with E-state index in [2.05, 4.69) is 20.7 Å². The number of carbonyl (C=O) groups excluding carboxylic acids is 2. The van der Waals surface area contributed by atoms with Gasteiger partial charge in [0.05, 0.1) is 50.9 Å². The fourth-order valence-electron chi connectivity index (χ4n) is 5.73. The second-order valence-electron chi connectivity index (χ2n) is 11.0. The summed E-state index contributed by atoms with van der Waals surface area (Å²) >= 11 is 0. The van der Waals surface area contributed by atoms with Crippen molar-refractivity contribution in [3.05, 3.63) is 53.1 Å². The third-order valence-corrected chi connectivity index (χ3v) is 8.04. The number of pyridine rings is 1. The molecule has 0 spiro atoms. The number of hydrogen-bond acceptors (Lipinski definition) is 8. The predicted molar refractivity (Wildman–Crippen MR) is 159 cm³/mol. The van der Waals surface area contributed by atoms with Gasteiger partial charge in [0.25, 0.3) is 5.91 Å². The zero-order valence-electron chi connectivity index (χ0n) is 25.1. The van der Waals surface area contributed by atoms with E-state index in [9.17, 15) is 9.59 Å². The number of ether oxygens (including phenoxy) is 3. The van der Waals surface area contributed by atoms with Crippen LogP contribution in [0.25, 0.3) is 11.3 Å². The number of halogens is 1. The van der Waals surface area contributed by atoms with E-state index < -0.39 is 11.9 Å². The Labute approximate surface area is 250 Å². The molecule has 2 aromatic heterocycles. The Morgan fingerprint density at radius 1 is 1.16 bits per heavy atom. The van der Waals surface area contributed by atoms with Crippen LogP contribution in [0.15, 0.2) is 30.6 Å². The maximum Gasteiger partial charge on any atom is 0.407 e. The van der Waals surface area contributed by atoms with Gasteiger partial charge < -0.3 is 29.7 Å². The van der Waals surface area contributed by atoms with Crippen molar-refractivity contribution in [1.29, 1.82) is 0 Å². The molecule has 2 N–H and O–H groups in total. The standard InChI is InChI=1S/C31H39FN6O5/c1-5-6-13-43-31(40)35-24-10-8-7-9-23(24)34-29-27(32)22-18-38(17-19-11-12-21(41-3)14-25(19)42-4)30(39)26(22)28(36-29)20-15-33-37(2)16-20/h11-12,14-16,23-24H,5-10,13,17-18H2,1-4H3,(H,34,36)(H,35,40)/t23-,24+/m1/s1. The predicted octanol–water partition coefficient (Wildman–Crippen LogP) is 5.04. The average Bonchev–Trinajstić information content (AvgIpc) is 3.59. The Morgan fingerprint density at radius 3 is 2.65 bits per heavy atom. The van der Waals surface area contributed by atoms with E-state index in [1.807, 2.05) is 13.0 Å². The number of alkyl carbamates (subject to hydrolysis) is 1. The first kappa shape index (κ1) is 30.1. The molecule has 2 amide bonds.